The number of carbonyl (C=O) groups excluding carboxylic acids is 4. The number of hydrogen-bond donors (Lipinski definition) is 0. The van der Waals surface area contributed by atoms with Crippen molar-refractivity contribution < 1.29 is 42.9 Å². The van der Waals surface area contributed by atoms with Crippen LogP contribution in [-0.2, 0) is 42.9 Å². The Bertz CT molecular complexity index is 492. The Balaban J connectivity index is 3.21. The zero-order chi connectivity index (χ0) is 17.7. The Morgan fingerprint density at radius 1 is 0.826 bits per heavy atom. The molecule has 130 valence electrons. The third kappa shape index (κ3) is 5.17. The number of ether oxygens (including phenoxy) is 5. The van der Waals surface area contributed by atoms with Crippen LogP contribution in [0.4, 0.5) is 0 Å². The molecule has 1 aliphatic rings. The molecule has 0 aromatic heterocycles. The van der Waals surface area contributed by atoms with Gasteiger partial charge in [0, 0.05) is 20.8 Å². The number of alkyl halides is 1. The molecule has 0 bridgehead atoms. The largest absolute Gasteiger partial charge is 0.467 e. The van der Waals surface area contributed by atoms with Gasteiger partial charge in [0.15, 0.2) is 29.4 Å². The van der Waals surface area contributed by atoms with Crippen LogP contribution in [0.5, 0.6) is 0 Å². The molecule has 0 aromatic carbocycles. The van der Waals surface area contributed by atoms with Gasteiger partial charge in [-0.15, -0.1) is 0 Å². The Hall–Kier alpha value is -1.68. The highest BCUT2D eigenvalue weighted by Crippen LogP contribution is 2.31. The summed E-state index contributed by atoms with van der Waals surface area (Å²) in [5.41, 5.74) is 0. The highest BCUT2D eigenvalue weighted by molar-refractivity contribution is 9.09. The fourth-order valence-corrected chi connectivity index (χ4v) is 2.71. The fourth-order valence-electron chi connectivity index (χ4n) is 2.07. The molecule has 0 radical (unpaired) electrons. The van der Waals surface area contributed by atoms with Gasteiger partial charge in [0.25, 0.3) is 0 Å². The SMILES string of the molecule is COC(=O)[C@H]1OC(Br)[C@@H](OC(C)=O)[C@@H](OC(C)=O)[C@H]1OC(C)=O. The molecule has 1 heterocycles. The number of halogens is 1. The summed E-state index contributed by atoms with van der Waals surface area (Å²) in [4.78, 5) is 45.8. The summed E-state index contributed by atoms with van der Waals surface area (Å²) in [6.45, 7) is 3.39. The van der Waals surface area contributed by atoms with Crippen LogP contribution in [0.1, 0.15) is 20.8 Å². The zero-order valence-corrected chi connectivity index (χ0v) is 14.5. The second-order valence-electron chi connectivity index (χ2n) is 4.65. The molecular weight excluding hydrogens is 380 g/mol. The molecule has 0 aliphatic carbocycles. The first kappa shape index (κ1) is 19.4. The maximum atomic E-state index is 11.9. The molecule has 0 N–H and O–H groups in total. The van der Waals surface area contributed by atoms with Crippen LogP contribution >= 0.6 is 15.9 Å². The molecule has 10 heteroatoms. The minimum absolute atomic E-state index is 0.668. The summed E-state index contributed by atoms with van der Waals surface area (Å²) in [7, 11) is 1.12. The Morgan fingerprint density at radius 3 is 1.70 bits per heavy atom. The van der Waals surface area contributed by atoms with Gasteiger partial charge in [0.2, 0.25) is 0 Å². The lowest BCUT2D eigenvalue weighted by Gasteiger charge is -2.41. The molecule has 5 atom stereocenters. The maximum Gasteiger partial charge on any atom is 0.339 e. The molecule has 1 saturated heterocycles. The number of rotatable bonds is 4. The summed E-state index contributed by atoms with van der Waals surface area (Å²) in [5.74, 6) is -2.95. The minimum atomic E-state index is -1.36. The van der Waals surface area contributed by atoms with Crippen LogP contribution in [-0.4, -0.2) is 60.4 Å². The van der Waals surface area contributed by atoms with E-state index < -0.39 is 53.3 Å². The first-order valence-corrected chi connectivity index (χ1v) is 7.48. The lowest BCUT2D eigenvalue weighted by atomic mass is 9.99. The van der Waals surface area contributed by atoms with E-state index in [0.29, 0.717) is 0 Å². The van der Waals surface area contributed by atoms with E-state index in [-0.39, 0.29) is 0 Å². The van der Waals surface area contributed by atoms with Crippen molar-refractivity contribution in [3.63, 3.8) is 0 Å². The van der Waals surface area contributed by atoms with E-state index in [1.54, 1.807) is 0 Å². The molecule has 0 saturated carbocycles. The van der Waals surface area contributed by atoms with Crippen LogP contribution in [0.2, 0.25) is 0 Å². The van der Waals surface area contributed by atoms with Crippen molar-refractivity contribution >= 4 is 39.8 Å². The average Bonchev–Trinajstić information content (AvgIpc) is 2.43. The molecule has 1 rings (SSSR count). The van der Waals surface area contributed by atoms with E-state index in [9.17, 15) is 19.2 Å². The van der Waals surface area contributed by atoms with Crippen molar-refractivity contribution in [3.8, 4) is 0 Å². The summed E-state index contributed by atoms with van der Waals surface area (Å²) in [5, 5.41) is -0.980. The molecule has 1 aliphatic heterocycles. The van der Waals surface area contributed by atoms with Crippen LogP contribution < -0.4 is 0 Å². The molecule has 0 amide bonds. The first-order valence-electron chi connectivity index (χ1n) is 6.56. The maximum absolute atomic E-state index is 11.9. The minimum Gasteiger partial charge on any atom is -0.467 e. The number of carbonyl (C=O) groups is 4. The average molecular weight is 397 g/mol. The highest BCUT2D eigenvalue weighted by Gasteiger charge is 2.53. The van der Waals surface area contributed by atoms with Crippen molar-refractivity contribution in [2.24, 2.45) is 0 Å². The smallest absolute Gasteiger partial charge is 0.339 e. The number of methoxy groups -OCH3 is 1. The van der Waals surface area contributed by atoms with Crippen molar-refractivity contribution in [2.45, 2.75) is 50.2 Å². The highest BCUT2D eigenvalue weighted by atomic mass is 79.9. The molecule has 1 unspecified atom stereocenters. The lowest BCUT2D eigenvalue weighted by Crippen LogP contribution is -2.61. The number of esters is 4. The first-order chi connectivity index (χ1) is 10.7. The normalized spacial score (nSPS) is 30.0. The van der Waals surface area contributed by atoms with E-state index in [1.165, 1.54) is 0 Å². The summed E-state index contributed by atoms with van der Waals surface area (Å²) in [6.07, 6.45) is -5.06. The standard InChI is InChI=1S/C13H17BrO9/c1-5(15)20-8-9(21-6(2)16)11(13(18)19-4)23-12(14)10(8)22-7(3)17/h8-12H,1-4H3/t8-,9+,10-,11-,12?/m0/s1. The van der Waals surface area contributed by atoms with Crippen LogP contribution in [0, 0.1) is 0 Å². The van der Waals surface area contributed by atoms with Gasteiger partial charge in [0.1, 0.15) is 0 Å². The van der Waals surface area contributed by atoms with Crippen molar-refractivity contribution in [1.82, 2.24) is 0 Å². The van der Waals surface area contributed by atoms with Crippen LogP contribution in [0.15, 0.2) is 0 Å². The van der Waals surface area contributed by atoms with Crippen molar-refractivity contribution in [2.75, 3.05) is 7.11 Å². The quantitative estimate of drug-likeness (QED) is 0.369. The summed E-state index contributed by atoms with van der Waals surface area (Å²) < 4.78 is 25.2. The van der Waals surface area contributed by atoms with E-state index in [1.807, 2.05) is 0 Å². The van der Waals surface area contributed by atoms with Gasteiger partial charge in [0.05, 0.1) is 7.11 Å². The second kappa shape index (κ2) is 8.25. The predicted molar refractivity (Wildman–Crippen MR) is 76.3 cm³/mol. The van der Waals surface area contributed by atoms with Crippen LogP contribution in [0.25, 0.3) is 0 Å². The predicted octanol–water partition coefficient (Wildman–Crippen LogP) is 0.0743. The topological polar surface area (TPSA) is 114 Å². The van der Waals surface area contributed by atoms with Gasteiger partial charge < -0.3 is 23.7 Å². The third-order valence-corrected chi connectivity index (χ3v) is 3.56. The molecule has 23 heavy (non-hydrogen) atoms. The van der Waals surface area contributed by atoms with Gasteiger partial charge in [-0.05, 0) is 0 Å². The second-order valence-corrected chi connectivity index (χ2v) is 5.56. The Kier molecular flexibility index (Phi) is 6.95. The monoisotopic (exact) mass is 396 g/mol. The lowest BCUT2D eigenvalue weighted by molar-refractivity contribution is -0.234. The summed E-state index contributed by atoms with van der Waals surface area (Å²) in [6, 6.07) is 0. The zero-order valence-electron chi connectivity index (χ0n) is 12.9. The van der Waals surface area contributed by atoms with E-state index >= 15 is 0 Å². The van der Waals surface area contributed by atoms with Gasteiger partial charge in [-0.1, -0.05) is 15.9 Å². The molecule has 1 fully saturated rings. The van der Waals surface area contributed by atoms with Gasteiger partial charge in [-0.3, -0.25) is 14.4 Å². The molecule has 0 aromatic rings. The summed E-state index contributed by atoms with van der Waals surface area (Å²) >= 11 is 3.11. The third-order valence-electron chi connectivity index (χ3n) is 2.82. The molecule has 0 spiro atoms. The van der Waals surface area contributed by atoms with Crippen molar-refractivity contribution in [1.29, 1.82) is 0 Å². The fraction of sp³-hybridized carbons (Fsp3) is 0.692. The molecule has 9 nitrogen and oxygen atoms in total. The van der Waals surface area contributed by atoms with Gasteiger partial charge in [-0.2, -0.15) is 0 Å². The van der Waals surface area contributed by atoms with E-state index in [2.05, 4.69) is 20.7 Å². The molecular formula is C13H17BrO9. The van der Waals surface area contributed by atoms with E-state index in [0.717, 1.165) is 27.9 Å². The number of hydrogen-bond acceptors (Lipinski definition) is 9. The Morgan fingerprint density at radius 2 is 1.26 bits per heavy atom. The van der Waals surface area contributed by atoms with Gasteiger partial charge in [-0.25, -0.2) is 4.79 Å². The van der Waals surface area contributed by atoms with E-state index in [4.69, 9.17) is 18.9 Å². The van der Waals surface area contributed by atoms with Crippen molar-refractivity contribution in [3.05, 3.63) is 0 Å². The van der Waals surface area contributed by atoms with Gasteiger partial charge >= 0.3 is 23.9 Å². The Labute approximate surface area is 140 Å². The van der Waals surface area contributed by atoms with Crippen LogP contribution in [0.3, 0.4) is 0 Å².